The lowest BCUT2D eigenvalue weighted by Crippen LogP contribution is -2.42. The van der Waals surface area contributed by atoms with Crippen molar-refractivity contribution in [3.8, 4) is 0 Å². The molecule has 1 rings (SSSR count). The first kappa shape index (κ1) is 12.7. The number of rotatable bonds is 4. The van der Waals surface area contributed by atoms with Gasteiger partial charge < -0.3 is 4.74 Å². The molecule has 0 N–H and O–H groups in total. The standard InChI is InChI=1S/C12H23NO2/c1-8(2)12(14)11-6-10(15-5)7-13(11)9(3)4/h8-11H,6-7H2,1-5H3. The van der Waals surface area contributed by atoms with E-state index in [9.17, 15) is 4.79 Å². The lowest BCUT2D eigenvalue weighted by Gasteiger charge is -2.27. The topological polar surface area (TPSA) is 29.5 Å². The van der Waals surface area contributed by atoms with Gasteiger partial charge >= 0.3 is 0 Å². The normalized spacial score (nSPS) is 27.9. The van der Waals surface area contributed by atoms with Gasteiger partial charge in [0.15, 0.2) is 5.78 Å². The van der Waals surface area contributed by atoms with E-state index in [1.807, 2.05) is 13.8 Å². The molecular formula is C12H23NO2. The van der Waals surface area contributed by atoms with Crippen LogP contribution in [0.15, 0.2) is 0 Å². The lowest BCUT2D eigenvalue weighted by atomic mass is 9.99. The van der Waals surface area contributed by atoms with Crippen molar-refractivity contribution in [2.75, 3.05) is 13.7 Å². The third kappa shape index (κ3) is 2.79. The summed E-state index contributed by atoms with van der Waals surface area (Å²) in [5.41, 5.74) is 0. The van der Waals surface area contributed by atoms with Crippen molar-refractivity contribution in [1.29, 1.82) is 0 Å². The highest BCUT2D eigenvalue weighted by Crippen LogP contribution is 2.24. The van der Waals surface area contributed by atoms with Crippen LogP contribution in [0.2, 0.25) is 0 Å². The first-order valence-corrected chi connectivity index (χ1v) is 5.79. The van der Waals surface area contributed by atoms with E-state index in [-0.39, 0.29) is 18.1 Å². The molecule has 88 valence electrons. The molecule has 15 heavy (non-hydrogen) atoms. The van der Waals surface area contributed by atoms with Crippen LogP contribution in [-0.2, 0) is 9.53 Å². The highest BCUT2D eigenvalue weighted by Gasteiger charge is 2.38. The van der Waals surface area contributed by atoms with Crippen molar-refractivity contribution in [2.45, 2.75) is 52.3 Å². The van der Waals surface area contributed by atoms with E-state index < -0.39 is 0 Å². The molecule has 1 aliphatic rings. The maximum absolute atomic E-state index is 12.0. The van der Waals surface area contributed by atoms with E-state index in [0.717, 1.165) is 13.0 Å². The quantitative estimate of drug-likeness (QED) is 0.712. The van der Waals surface area contributed by atoms with E-state index in [4.69, 9.17) is 4.74 Å². The highest BCUT2D eigenvalue weighted by molar-refractivity contribution is 5.86. The fourth-order valence-corrected chi connectivity index (χ4v) is 2.23. The largest absolute Gasteiger partial charge is 0.380 e. The summed E-state index contributed by atoms with van der Waals surface area (Å²) in [5, 5.41) is 0. The number of ether oxygens (including phenoxy) is 1. The molecule has 0 bridgehead atoms. The number of ketones is 1. The van der Waals surface area contributed by atoms with E-state index >= 15 is 0 Å². The minimum absolute atomic E-state index is 0.0648. The number of carbonyl (C=O) groups is 1. The molecule has 0 aromatic carbocycles. The van der Waals surface area contributed by atoms with Crippen molar-refractivity contribution >= 4 is 5.78 Å². The zero-order chi connectivity index (χ0) is 11.6. The minimum Gasteiger partial charge on any atom is -0.380 e. The van der Waals surface area contributed by atoms with Crippen LogP contribution in [0.25, 0.3) is 0 Å². The number of hydrogen-bond donors (Lipinski definition) is 0. The molecule has 0 saturated carbocycles. The van der Waals surface area contributed by atoms with Gasteiger partial charge in [-0.3, -0.25) is 9.69 Å². The molecule has 2 atom stereocenters. The fourth-order valence-electron chi connectivity index (χ4n) is 2.23. The smallest absolute Gasteiger partial charge is 0.152 e. The maximum Gasteiger partial charge on any atom is 0.152 e. The molecule has 3 heteroatoms. The number of Topliss-reactive ketones (excluding diaryl/α,β-unsaturated/α-hetero) is 1. The Morgan fingerprint density at radius 3 is 2.33 bits per heavy atom. The monoisotopic (exact) mass is 213 g/mol. The number of carbonyl (C=O) groups excluding carboxylic acids is 1. The van der Waals surface area contributed by atoms with Crippen molar-refractivity contribution in [1.82, 2.24) is 4.90 Å². The Hall–Kier alpha value is -0.410. The van der Waals surface area contributed by atoms with E-state index in [0.29, 0.717) is 11.8 Å². The summed E-state index contributed by atoms with van der Waals surface area (Å²) in [7, 11) is 1.73. The van der Waals surface area contributed by atoms with Crippen LogP contribution >= 0.6 is 0 Å². The molecule has 1 aliphatic heterocycles. The zero-order valence-electron chi connectivity index (χ0n) is 10.5. The van der Waals surface area contributed by atoms with Gasteiger partial charge in [-0.25, -0.2) is 0 Å². The van der Waals surface area contributed by atoms with Crippen molar-refractivity contribution in [3.05, 3.63) is 0 Å². The van der Waals surface area contributed by atoms with E-state index in [2.05, 4.69) is 18.7 Å². The molecule has 0 aromatic rings. The number of hydrogen-bond acceptors (Lipinski definition) is 3. The van der Waals surface area contributed by atoms with Crippen LogP contribution in [-0.4, -0.2) is 42.5 Å². The van der Waals surface area contributed by atoms with Gasteiger partial charge in [-0.05, 0) is 20.3 Å². The molecule has 0 amide bonds. The van der Waals surface area contributed by atoms with Gasteiger partial charge in [0.05, 0.1) is 12.1 Å². The first-order valence-electron chi connectivity index (χ1n) is 5.79. The second-order valence-electron chi connectivity index (χ2n) is 4.96. The van der Waals surface area contributed by atoms with Crippen molar-refractivity contribution in [3.63, 3.8) is 0 Å². The Balaban J connectivity index is 2.72. The maximum atomic E-state index is 12.0. The van der Waals surface area contributed by atoms with Gasteiger partial charge in [-0.1, -0.05) is 13.8 Å². The van der Waals surface area contributed by atoms with Crippen LogP contribution in [0.3, 0.4) is 0 Å². The Morgan fingerprint density at radius 1 is 1.33 bits per heavy atom. The molecule has 0 aromatic heterocycles. The van der Waals surface area contributed by atoms with Crippen LogP contribution in [0.1, 0.15) is 34.1 Å². The summed E-state index contributed by atoms with van der Waals surface area (Å²) >= 11 is 0. The number of nitrogens with zero attached hydrogens (tertiary/aromatic N) is 1. The molecule has 0 radical (unpaired) electrons. The summed E-state index contributed by atoms with van der Waals surface area (Å²) in [5.74, 6) is 0.468. The van der Waals surface area contributed by atoms with Gasteiger partial charge in [0, 0.05) is 25.6 Å². The molecule has 1 fully saturated rings. The number of likely N-dealkylation sites (tertiary alicyclic amines) is 1. The second-order valence-corrected chi connectivity index (χ2v) is 4.96. The first-order chi connectivity index (χ1) is 6.97. The molecule has 0 aliphatic carbocycles. The summed E-state index contributed by atoms with van der Waals surface area (Å²) in [4.78, 5) is 14.3. The average Bonchev–Trinajstić information content (AvgIpc) is 2.60. The van der Waals surface area contributed by atoms with Gasteiger partial charge in [0.25, 0.3) is 0 Å². The predicted octanol–water partition coefficient (Wildman–Crippen LogP) is 1.71. The molecule has 1 saturated heterocycles. The summed E-state index contributed by atoms with van der Waals surface area (Å²) < 4.78 is 5.36. The third-order valence-corrected chi connectivity index (χ3v) is 3.20. The Kier molecular flexibility index (Phi) is 4.29. The average molecular weight is 213 g/mol. The minimum atomic E-state index is 0.0648. The number of methoxy groups -OCH3 is 1. The van der Waals surface area contributed by atoms with E-state index in [1.54, 1.807) is 7.11 Å². The Morgan fingerprint density at radius 2 is 1.93 bits per heavy atom. The molecular weight excluding hydrogens is 190 g/mol. The van der Waals surface area contributed by atoms with E-state index in [1.165, 1.54) is 0 Å². The second kappa shape index (κ2) is 5.08. The summed E-state index contributed by atoms with van der Waals surface area (Å²) in [6.45, 7) is 9.11. The van der Waals surface area contributed by atoms with Crippen LogP contribution in [0.5, 0.6) is 0 Å². The third-order valence-electron chi connectivity index (χ3n) is 3.20. The summed E-state index contributed by atoms with van der Waals surface area (Å²) in [6, 6.07) is 0.479. The molecule has 1 heterocycles. The highest BCUT2D eigenvalue weighted by atomic mass is 16.5. The van der Waals surface area contributed by atoms with Gasteiger partial charge in [0.2, 0.25) is 0 Å². The van der Waals surface area contributed by atoms with Crippen LogP contribution in [0, 0.1) is 5.92 Å². The van der Waals surface area contributed by atoms with Crippen molar-refractivity contribution < 1.29 is 9.53 Å². The molecule has 3 nitrogen and oxygen atoms in total. The van der Waals surface area contributed by atoms with Crippen molar-refractivity contribution in [2.24, 2.45) is 5.92 Å². The van der Waals surface area contributed by atoms with Gasteiger partial charge in [-0.2, -0.15) is 0 Å². The summed E-state index contributed by atoms with van der Waals surface area (Å²) in [6.07, 6.45) is 1.08. The lowest BCUT2D eigenvalue weighted by molar-refractivity contribution is -0.126. The van der Waals surface area contributed by atoms with Crippen LogP contribution in [0.4, 0.5) is 0 Å². The Bertz CT molecular complexity index is 226. The fraction of sp³-hybridized carbons (Fsp3) is 0.917. The zero-order valence-corrected chi connectivity index (χ0v) is 10.5. The molecule has 2 unspecified atom stereocenters. The van der Waals surface area contributed by atoms with Gasteiger partial charge in [0.1, 0.15) is 0 Å². The van der Waals surface area contributed by atoms with Crippen LogP contribution < -0.4 is 0 Å². The Labute approximate surface area is 92.8 Å². The molecule has 0 spiro atoms. The SMILES string of the molecule is COC1CC(C(=O)C(C)C)N(C(C)C)C1. The van der Waals surface area contributed by atoms with Gasteiger partial charge in [-0.15, -0.1) is 0 Å². The predicted molar refractivity (Wildman–Crippen MR) is 60.9 cm³/mol.